The number of aldehydes is 2. The molecule has 1 N–H and O–H groups in total. The van der Waals surface area contributed by atoms with Crippen LogP contribution in [0, 0.1) is 23.7 Å². The lowest BCUT2D eigenvalue weighted by molar-refractivity contribution is -0.107. The summed E-state index contributed by atoms with van der Waals surface area (Å²) < 4.78 is 5.07. The number of phenols is 1. The molecule has 3 saturated carbocycles. The van der Waals surface area contributed by atoms with Crippen molar-refractivity contribution >= 4 is 12.6 Å². The van der Waals surface area contributed by atoms with E-state index in [-0.39, 0.29) is 5.75 Å². The Hall–Kier alpha value is -2.10. The van der Waals surface area contributed by atoms with Crippen LogP contribution in [0.25, 0.3) is 0 Å². The van der Waals surface area contributed by atoms with Crippen LogP contribution >= 0.6 is 0 Å². The number of carbonyl (C=O) groups is 2. The van der Waals surface area contributed by atoms with Gasteiger partial charge in [-0.05, 0) is 80.9 Å². The second-order valence-electron chi connectivity index (χ2n) is 7.87. The number of fused-ring (bicyclic) bond motifs is 5. The molecule has 3 aliphatic carbocycles. The van der Waals surface area contributed by atoms with E-state index in [1.807, 2.05) is 6.92 Å². The number of aromatic hydroxyl groups is 1. The highest BCUT2D eigenvalue weighted by Gasteiger charge is 2.51. The first-order valence-electron chi connectivity index (χ1n) is 10.2. The minimum absolute atomic E-state index is 0.0578. The van der Waals surface area contributed by atoms with Gasteiger partial charge in [-0.15, -0.1) is 0 Å². The SMILES string of the molecule is CCOc1cc(C=O)ccc1O.O=CCC/C=C1\CC2CC1C1CCCC21. The number of hydrogen-bond acceptors (Lipinski definition) is 4. The molecule has 4 unspecified atom stereocenters. The molecule has 0 spiro atoms. The topological polar surface area (TPSA) is 63.6 Å². The molecule has 0 amide bonds. The zero-order valence-corrected chi connectivity index (χ0v) is 16.1. The van der Waals surface area contributed by atoms with Gasteiger partial charge in [0.1, 0.15) is 12.6 Å². The second-order valence-corrected chi connectivity index (χ2v) is 7.87. The van der Waals surface area contributed by atoms with Crippen LogP contribution < -0.4 is 4.74 Å². The monoisotopic (exact) mass is 370 g/mol. The fourth-order valence-corrected chi connectivity index (χ4v) is 5.34. The predicted octanol–water partition coefficient (Wildman–Crippen LogP) is 4.95. The van der Waals surface area contributed by atoms with Gasteiger partial charge in [-0.25, -0.2) is 0 Å². The first-order valence-corrected chi connectivity index (χ1v) is 10.2. The van der Waals surface area contributed by atoms with Crippen molar-refractivity contribution in [3.8, 4) is 11.5 Å². The van der Waals surface area contributed by atoms with E-state index in [0.29, 0.717) is 24.2 Å². The van der Waals surface area contributed by atoms with Crippen molar-refractivity contribution in [2.75, 3.05) is 6.61 Å². The highest BCUT2D eigenvalue weighted by atomic mass is 16.5. The zero-order valence-electron chi connectivity index (χ0n) is 16.1. The van der Waals surface area contributed by atoms with Crippen LogP contribution in [0.4, 0.5) is 0 Å². The third kappa shape index (κ3) is 4.42. The zero-order chi connectivity index (χ0) is 19.2. The van der Waals surface area contributed by atoms with Gasteiger partial charge in [0.25, 0.3) is 0 Å². The number of benzene rings is 1. The van der Waals surface area contributed by atoms with E-state index in [4.69, 9.17) is 4.74 Å². The Morgan fingerprint density at radius 2 is 2.00 bits per heavy atom. The summed E-state index contributed by atoms with van der Waals surface area (Å²) in [7, 11) is 0. The van der Waals surface area contributed by atoms with Crippen LogP contribution in [0.3, 0.4) is 0 Å². The average molecular weight is 370 g/mol. The van der Waals surface area contributed by atoms with Crippen LogP contribution in [0.15, 0.2) is 29.8 Å². The minimum Gasteiger partial charge on any atom is -0.504 e. The normalized spacial score (nSPS) is 29.1. The molecule has 4 rings (SSSR count). The summed E-state index contributed by atoms with van der Waals surface area (Å²) in [6.45, 7) is 2.28. The van der Waals surface area contributed by atoms with E-state index in [0.717, 1.165) is 42.8 Å². The molecule has 1 aromatic rings. The van der Waals surface area contributed by atoms with Crippen LogP contribution in [-0.4, -0.2) is 24.3 Å². The lowest BCUT2D eigenvalue weighted by atomic mass is 9.79. The van der Waals surface area contributed by atoms with E-state index >= 15 is 0 Å². The van der Waals surface area contributed by atoms with Gasteiger partial charge in [0.2, 0.25) is 0 Å². The standard InChI is InChI=1S/C14H20O.C9H10O3/c15-7-2-1-4-10-8-11-9-14(10)13-6-3-5-12(11)13;1-2-12-9-5-7(6-10)3-4-8(9)11/h4,7,11-14H,1-3,5-6,8-9H2;3-6,11H,2H2,1H3/b10-4+;. The Labute approximate surface area is 161 Å². The predicted molar refractivity (Wildman–Crippen MR) is 105 cm³/mol. The summed E-state index contributed by atoms with van der Waals surface area (Å²) in [6.07, 6.45) is 13.1. The largest absolute Gasteiger partial charge is 0.504 e. The smallest absolute Gasteiger partial charge is 0.161 e. The third-order valence-corrected chi connectivity index (χ3v) is 6.39. The van der Waals surface area contributed by atoms with Crippen LogP contribution in [0.5, 0.6) is 11.5 Å². The number of unbranched alkanes of at least 4 members (excludes halogenated alkanes) is 1. The number of hydrogen-bond donors (Lipinski definition) is 1. The molecule has 0 heterocycles. The van der Waals surface area contributed by atoms with Crippen LogP contribution in [0.2, 0.25) is 0 Å². The number of carbonyl (C=O) groups excluding carboxylic acids is 2. The summed E-state index contributed by atoms with van der Waals surface area (Å²) in [6, 6.07) is 4.48. The highest BCUT2D eigenvalue weighted by Crippen LogP contribution is 2.60. The molecule has 0 aliphatic heterocycles. The summed E-state index contributed by atoms with van der Waals surface area (Å²) in [5.41, 5.74) is 2.21. The minimum atomic E-state index is 0.0578. The Bertz CT molecular complexity index is 694. The van der Waals surface area contributed by atoms with Crippen molar-refractivity contribution < 1.29 is 19.4 Å². The van der Waals surface area contributed by atoms with E-state index in [2.05, 4.69) is 6.08 Å². The molecule has 3 fully saturated rings. The lowest BCUT2D eigenvalue weighted by Crippen LogP contribution is -2.18. The van der Waals surface area contributed by atoms with Gasteiger partial charge in [0.15, 0.2) is 11.5 Å². The highest BCUT2D eigenvalue weighted by molar-refractivity contribution is 5.76. The summed E-state index contributed by atoms with van der Waals surface area (Å²) in [5.74, 6) is 4.47. The Morgan fingerprint density at radius 1 is 1.19 bits per heavy atom. The third-order valence-electron chi connectivity index (χ3n) is 6.39. The number of rotatable bonds is 6. The van der Waals surface area contributed by atoms with Crippen molar-refractivity contribution in [1.82, 2.24) is 0 Å². The van der Waals surface area contributed by atoms with E-state index < -0.39 is 0 Å². The molecule has 4 atom stereocenters. The molecule has 0 saturated heterocycles. The summed E-state index contributed by atoms with van der Waals surface area (Å²) in [4.78, 5) is 20.6. The molecule has 1 aromatic carbocycles. The molecule has 146 valence electrons. The van der Waals surface area contributed by atoms with Crippen LogP contribution in [0.1, 0.15) is 62.2 Å². The molecule has 4 nitrogen and oxygen atoms in total. The van der Waals surface area contributed by atoms with Crippen molar-refractivity contribution in [1.29, 1.82) is 0 Å². The maximum absolute atomic E-state index is 10.3. The van der Waals surface area contributed by atoms with Gasteiger partial charge in [-0.2, -0.15) is 0 Å². The van der Waals surface area contributed by atoms with Crippen molar-refractivity contribution in [2.24, 2.45) is 23.7 Å². The molecule has 3 aliphatic rings. The van der Waals surface area contributed by atoms with Crippen LogP contribution in [-0.2, 0) is 4.79 Å². The summed E-state index contributed by atoms with van der Waals surface area (Å²) in [5, 5.41) is 9.22. The number of allylic oxidation sites excluding steroid dienone is 2. The fraction of sp³-hybridized carbons (Fsp3) is 0.565. The molecule has 0 radical (unpaired) electrons. The maximum atomic E-state index is 10.3. The van der Waals surface area contributed by atoms with E-state index in [1.54, 1.807) is 5.57 Å². The molecular formula is C23H30O4. The first-order chi connectivity index (χ1) is 13.2. The molecule has 0 aromatic heterocycles. The fourth-order valence-electron chi connectivity index (χ4n) is 5.34. The average Bonchev–Trinajstić information content (AvgIpc) is 3.38. The van der Waals surface area contributed by atoms with Crippen molar-refractivity contribution in [2.45, 2.75) is 51.9 Å². The quantitative estimate of drug-likeness (QED) is 0.437. The lowest BCUT2D eigenvalue weighted by Gasteiger charge is -2.26. The van der Waals surface area contributed by atoms with Gasteiger partial charge in [-0.1, -0.05) is 18.1 Å². The Kier molecular flexibility index (Phi) is 6.70. The van der Waals surface area contributed by atoms with Crippen molar-refractivity contribution in [3.63, 3.8) is 0 Å². The second kappa shape index (κ2) is 9.20. The van der Waals surface area contributed by atoms with Crippen molar-refractivity contribution in [3.05, 3.63) is 35.4 Å². The Balaban J connectivity index is 0.000000161. The molecular weight excluding hydrogens is 340 g/mol. The van der Waals surface area contributed by atoms with Gasteiger partial charge >= 0.3 is 0 Å². The molecule has 2 bridgehead atoms. The van der Waals surface area contributed by atoms with E-state index in [9.17, 15) is 14.7 Å². The molecule has 27 heavy (non-hydrogen) atoms. The van der Waals surface area contributed by atoms with Gasteiger partial charge in [-0.3, -0.25) is 4.79 Å². The first kappa shape index (κ1) is 19.7. The van der Waals surface area contributed by atoms with Gasteiger partial charge in [0, 0.05) is 12.0 Å². The number of phenolic OH excluding ortho intramolecular Hbond substituents is 1. The summed E-state index contributed by atoms with van der Waals surface area (Å²) >= 11 is 0. The van der Waals surface area contributed by atoms with Gasteiger partial charge < -0.3 is 14.6 Å². The van der Waals surface area contributed by atoms with E-state index in [1.165, 1.54) is 50.3 Å². The number of ether oxygens (including phenoxy) is 1. The molecule has 4 heteroatoms. The maximum Gasteiger partial charge on any atom is 0.161 e. The van der Waals surface area contributed by atoms with Gasteiger partial charge in [0.05, 0.1) is 6.61 Å². The Morgan fingerprint density at radius 3 is 2.74 bits per heavy atom.